The van der Waals surface area contributed by atoms with E-state index in [1.54, 1.807) is 30.3 Å². The molecule has 0 bridgehead atoms. The van der Waals surface area contributed by atoms with Crippen LogP contribution in [0.15, 0.2) is 42.9 Å². The van der Waals surface area contributed by atoms with Gasteiger partial charge in [-0.3, -0.25) is 4.57 Å². The first kappa shape index (κ1) is 11.2. The molecule has 0 fully saturated rings. The zero-order chi connectivity index (χ0) is 13.2. The molecule has 19 heavy (non-hydrogen) atoms. The van der Waals surface area contributed by atoms with Gasteiger partial charge in [0.2, 0.25) is 5.82 Å². The van der Waals surface area contributed by atoms with Gasteiger partial charge in [-0.15, -0.1) is 0 Å². The first-order chi connectivity index (χ1) is 9.33. The summed E-state index contributed by atoms with van der Waals surface area (Å²) in [5, 5.41) is 11.0. The maximum atomic E-state index is 9.04. The third-order valence-electron chi connectivity index (χ3n) is 2.92. The van der Waals surface area contributed by atoms with Crippen molar-refractivity contribution in [3.63, 3.8) is 0 Å². The summed E-state index contributed by atoms with van der Waals surface area (Å²) in [5.41, 5.74) is 0. The Labute approximate surface area is 109 Å². The van der Waals surface area contributed by atoms with Crippen molar-refractivity contribution in [2.75, 3.05) is 7.11 Å². The molecule has 0 aliphatic rings. The normalized spacial score (nSPS) is 10.3. The summed E-state index contributed by atoms with van der Waals surface area (Å²) in [4.78, 5) is 8.33. The van der Waals surface area contributed by atoms with E-state index in [1.807, 2.05) is 30.3 Å². The summed E-state index contributed by atoms with van der Waals surface area (Å²) in [5.74, 6) is 1.79. The maximum Gasteiger partial charge on any atom is 0.218 e. The quantitative estimate of drug-likeness (QED) is 0.700. The largest absolute Gasteiger partial charge is 0.497 e. The van der Waals surface area contributed by atoms with E-state index in [0.29, 0.717) is 11.6 Å². The van der Waals surface area contributed by atoms with Crippen LogP contribution in [0.25, 0.3) is 16.6 Å². The molecule has 1 aromatic carbocycles. The topological polar surface area (TPSA) is 63.7 Å². The Bertz CT molecular complexity index is 785. The molecule has 0 saturated carbocycles. The highest BCUT2D eigenvalue weighted by Crippen LogP contribution is 2.25. The number of ether oxygens (including phenoxy) is 1. The fraction of sp³-hybridized carbons (Fsp3) is 0.0714. The molecule has 2 aromatic heterocycles. The molecule has 5 heteroatoms. The van der Waals surface area contributed by atoms with Crippen LogP contribution in [0, 0.1) is 11.3 Å². The van der Waals surface area contributed by atoms with E-state index in [1.165, 1.54) is 0 Å². The van der Waals surface area contributed by atoms with E-state index < -0.39 is 0 Å². The number of pyridine rings is 1. The summed E-state index contributed by atoms with van der Waals surface area (Å²) in [6.07, 6.45) is 5.02. The number of nitriles is 1. The van der Waals surface area contributed by atoms with Gasteiger partial charge in [0, 0.05) is 24.0 Å². The molecule has 0 atom stereocenters. The Balaban J connectivity index is 2.28. The predicted octanol–water partition coefficient (Wildman–Crippen LogP) is 2.30. The molecule has 0 unspecified atom stereocenters. The van der Waals surface area contributed by atoms with Crippen molar-refractivity contribution >= 4 is 10.8 Å². The highest BCUT2D eigenvalue weighted by molar-refractivity contribution is 5.89. The fourth-order valence-corrected chi connectivity index (χ4v) is 2.02. The van der Waals surface area contributed by atoms with E-state index in [4.69, 9.17) is 10.00 Å². The molecule has 3 rings (SSSR count). The van der Waals surface area contributed by atoms with E-state index in [9.17, 15) is 0 Å². The second-order valence-corrected chi connectivity index (χ2v) is 3.95. The third-order valence-corrected chi connectivity index (χ3v) is 2.92. The molecule has 92 valence electrons. The molecule has 2 heterocycles. The van der Waals surface area contributed by atoms with Crippen LogP contribution in [0.1, 0.15) is 5.82 Å². The van der Waals surface area contributed by atoms with Crippen molar-refractivity contribution in [3.8, 4) is 17.6 Å². The summed E-state index contributed by atoms with van der Waals surface area (Å²) >= 11 is 0. The zero-order valence-corrected chi connectivity index (χ0v) is 10.2. The lowest BCUT2D eigenvalue weighted by Gasteiger charge is -2.08. The van der Waals surface area contributed by atoms with Crippen LogP contribution in [-0.4, -0.2) is 21.6 Å². The number of nitrogens with zero attached hydrogens (tertiary/aromatic N) is 4. The fourth-order valence-electron chi connectivity index (χ4n) is 2.02. The van der Waals surface area contributed by atoms with Crippen LogP contribution in [0.3, 0.4) is 0 Å². The Morgan fingerprint density at radius 3 is 2.89 bits per heavy atom. The molecule has 5 nitrogen and oxygen atoms in total. The van der Waals surface area contributed by atoms with E-state index in [-0.39, 0.29) is 0 Å². The number of aromatic nitrogens is 3. The van der Waals surface area contributed by atoms with Crippen LogP contribution in [0.2, 0.25) is 0 Å². The molecule has 0 saturated heterocycles. The van der Waals surface area contributed by atoms with Gasteiger partial charge in [0.05, 0.1) is 7.11 Å². The Morgan fingerprint density at radius 2 is 2.11 bits per heavy atom. The lowest BCUT2D eigenvalue weighted by molar-refractivity contribution is 0.415. The van der Waals surface area contributed by atoms with Gasteiger partial charge in [0.25, 0.3) is 0 Å². The highest BCUT2D eigenvalue weighted by atomic mass is 16.5. The highest BCUT2D eigenvalue weighted by Gasteiger charge is 2.09. The molecule has 0 radical (unpaired) electrons. The van der Waals surface area contributed by atoms with Crippen LogP contribution < -0.4 is 4.74 Å². The minimum absolute atomic E-state index is 0.316. The van der Waals surface area contributed by atoms with Crippen molar-refractivity contribution in [2.45, 2.75) is 0 Å². The van der Waals surface area contributed by atoms with Crippen LogP contribution >= 0.6 is 0 Å². The van der Waals surface area contributed by atoms with Crippen molar-refractivity contribution in [1.29, 1.82) is 5.26 Å². The maximum absolute atomic E-state index is 9.04. The molecule has 0 N–H and O–H groups in total. The Hall–Kier alpha value is -2.87. The number of benzene rings is 1. The summed E-state index contributed by atoms with van der Waals surface area (Å²) in [6.45, 7) is 0. The van der Waals surface area contributed by atoms with Gasteiger partial charge in [-0.2, -0.15) is 5.26 Å². The van der Waals surface area contributed by atoms with Crippen molar-refractivity contribution in [3.05, 3.63) is 48.7 Å². The van der Waals surface area contributed by atoms with Gasteiger partial charge in [0.1, 0.15) is 17.6 Å². The van der Waals surface area contributed by atoms with Gasteiger partial charge in [-0.25, -0.2) is 9.97 Å². The van der Waals surface area contributed by atoms with E-state index in [0.717, 1.165) is 16.5 Å². The minimum atomic E-state index is 0.316. The molecular formula is C14H10N4O. The van der Waals surface area contributed by atoms with Gasteiger partial charge < -0.3 is 4.74 Å². The van der Waals surface area contributed by atoms with Gasteiger partial charge in [-0.1, -0.05) is 0 Å². The van der Waals surface area contributed by atoms with Crippen LogP contribution in [0.5, 0.6) is 5.75 Å². The number of hydrogen-bond acceptors (Lipinski definition) is 4. The lowest BCUT2D eigenvalue weighted by Crippen LogP contribution is -2.00. The smallest absolute Gasteiger partial charge is 0.218 e. The van der Waals surface area contributed by atoms with Gasteiger partial charge in [-0.05, 0) is 29.7 Å². The second kappa shape index (κ2) is 4.42. The number of methoxy groups -OCH3 is 1. The van der Waals surface area contributed by atoms with Crippen molar-refractivity contribution < 1.29 is 4.74 Å². The lowest BCUT2D eigenvalue weighted by atomic mass is 10.1. The average molecular weight is 250 g/mol. The molecule has 0 spiro atoms. The van der Waals surface area contributed by atoms with Crippen molar-refractivity contribution in [2.24, 2.45) is 0 Å². The summed E-state index contributed by atoms with van der Waals surface area (Å²) in [6, 6.07) is 9.69. The predicted molar refractivity (Wildman–Crippen MR) is 70.1 cm³/mol. The monoisotopic (exact) mass is 250 g/mol. The second-order valence-electron chi connectivity index (χ2n) is 3.95. The van der Waals surface area contributed by atoms with Crippen LogP contribution in [-0.2, 0) is 0 Å². The first-order valence-electron chi connectivity index (χ1n) is 5.70. The molecule has 0 aliphatic carbocycles. The Morgan fingerprint density at radius 1 is 1.21 bits per heavy atom. The van der Waals surface area contributed by atoms with Crippen LogP contribution in [0.4, 0.5) is 0 Å². The number of hydrogen-bond donors (Lipinski definition) is 0. The summed E-state index contributed by atoms with van der Waals surface area (Å²) in [7, 11) is 1.63. The van der Waals surface area contributed by atoms with E-state index in [2.05, 4.69) is 9.97 Å². The van der Waals surface area contributed by atoms with E-state index >= 15 is 0 Å². The van der Waals surface area contributed by atoms with Gasteiger partial charge in [0.15, 0.2) is 0 Å². The minimum Gasteiger partial charge on any atom is -0.497 e. The Kier molecular flexibility index (Phi) is 2.62. The van der Waals surface area contributed by atoms with Gasteiger partial charge >= 0.3 is 0 Å². The molecule has 0 amide bonds. The standard InChI is InChI=1S/C14H10N4O/c1-19-11-2-3-12-10(8-11)4-5-17-14(12)18-7-6-16-13(18)9-15/h2-8H,1H3. The number of fused-ring (bicyclic) bond motifs is 1. The first-order valence-corrected chi connectivity index (χ1v) is 5.70. The molecular weight excluding hydrogens is 240 g/mol. The zero-order valence-electron chi connectivity index (χ0n) is 10.2. The molecule has 0 aliphatic heterocycles. The number of imidazole rings is 1. The average Bonchev–Trinajstić information content (AvgIpc) is 2.94. The third kappa shape index (κ3) is 1.79. The SMILES string of the molecule is COc1ccc2c(-n3ccnc3C#N)nccc2c1. The van der Waals surface area contributed by atoms with Crippen molar-refractivity contribution in [1.82, 2.24) is 14.5 Å². The molecule has 3 aromatic rings. The summed E-state index contributed by atoms with van der Waals surface area (Å²) < 4.78 is 6.88. The number of rotatable bonds is 2.